The van der Waals surface area contributed by atoms with Crippen molar-refractivity contribution in [3.05, 3.63) is 65.7 Å². The normalized spacial score (nSPS) is 21.7. The van der Waals surface area contributed by atoms with Crippen LogP contribution in [-0.2, 0) is 16.1 Å². The summed E-state index contributed by atoms with van der Waals surface area (Å²) in [6, 6.07) is 13.4. The number of nitrogens with zero attached hydrogens (tertiary/aromatic N) is 2. The Balaban J connectivity index is 1.25. The summed E-state index contributed by atoms with van der Waals surface area (Å²) in [5.41, 5.74) is 1.45. The summed E-state index contributed by atoms with van der Waals surface area (Å²) in [5.74, 6) is -3.01. The van der Waals surface area contributed by atoms with Crippen LogP contribution < -0.4 is 5.32 Å². The van der Waals surface area contributed by atoms with Gasteiger partial charge in [0, 0.05) is 44.5 Å². The van der Waals surface area contributed by atoms with Gasteiger partial charge in [-0.3, -0.25) is 14.5 Å². The SMILES string of the molecule is O=C(Nc1ccc(F)c(F)c1)C1CC1C(=O)N1CCN(Cc2ccccc2)CC1. The van der Waals surface area contributed by atoms with Crippen LogP contribution in [0.25, 0.3) is 0 Å². The molecule has 1 N–H and O–H groups in total. The molecule has 2 aromatic rings. The number of hydrogen-bond donors (Lipinski definition) is 1. The summed E-state index contributed by atoms with van der Waals surface area (Å²) in [5, 5.41) is 2.57. The van der Waals surface area contributed by atoms with Crippen LogP contribution in [0.4, 0.5) is 14.5 Å². The molecule has 2 amide bonds. The van der Waals surface area contributed by atoms with Gasteiger partial charge in [0.2, 0.25) is 11.8 Å². The molecule has 1 aliphatic carbocycles. The summed E-state index contributed by atoms with van der Waals surface area (Å²) in [6.45, 7) is 3.78. The molecule has 2 unspecified atom stereocenters. The number of hydrogen-bond acceptors (Lipinski definition) is 3. The first-order chi connectivity index (χ1) is 14.0. The monoisotopic (exact) mass is 399 g/mol. The Kier molecular flexibility index (Phi) is 5.58. The Morgan fingerprint density at radius 3 is 2.34 bits per heavy atom. The minimum absolute atomic E-state index is 0.00907. The molecule has 2 atom stereocenters. The van der Waals surface area contributed by atoms with Crippen LogP contribution in [0.5, 0.6) is 0 Å². The van der Waals surface area contributed by atoms with Crippen LogP contribution in [-0.4, -0.2) is 47.8 Å². The highest BCUT2D eigenvalue weighted by atomic mass is 19.2. The average molecular weight is 399 g/mol. The Morgan fingerprint density at radius 2 is 1.66 bits per heavy atom. The van der Waals surface area contributed by atoms with Crippen LogP contribution in [0.2, 0.25) is 0 Å². The minimum Gasteiger partial charge on any atom is -0.340 e. The van der Waals surface area contributed by atoms with E-state index in [0.29, 0.717) is 19.5 Å². The molecule has 0 aromatic heterocycles. The lowest BCUT2D eigenvalue weighted by molar-refractivity contribution is -0.135. The van der Waals surface area contributed by atoms with E-state index in [0.717, 1.165) is 31.8 Å². The summed E-state index contributed by atoms with van der Waals surface area (Å²) in [7, 11) is 0. The Bertz CT molecular complexity index is 898. The smallest absolute Gasteiger partial charge is 0.228 e. The molecular weight excluding hydrogens is 376 g/mol. The van der Waals surface area contributed by atoms with Crippen molar-refractivity contribution in [1.29, 1.82) is 0 Å². The zero-order chi connectivity index (χ0) is 20.4. The lowest BCUT2D eigenvalue weighted by Gasteiger charge is -2.35. The molecule has 1 heterocycles. The Labute approximate surface area is 168 Å². The largest absolute Gasteiger partial charge is 0.340 e. The fraction of sp³-hybridized carbons (Fsp3) is 0.364. The number of rotatable bonds is 5. The lowest BCUT2D eigenvalue weighted by Crippen LogP contribution is -2.49. The third-order valence-corrected chi connectivity index (χ3v) is 5.56. The van der Waals surface area contributed by atoms with E-state index in [1.807, 2.05) is 23.1 Å². The van der Waals surface area contributed by atoms with E-state index in [2.05, 4.69) is 22.3 Å². The van der Waals surface area contributed by atoms with Gasteiger partial charge in [0.1, 0.15) is 0 Å². The minimum atomic E-state index is -1.01. The van der Waals surface area contributed by atoms with Gasteiger partial charge in [0.05, 0.1) is 11.8 Å². The van der Waals surface area contributed by atoms with Crippen LogP contribution in [0.3, 0.4) is 0 Å². The second-order valence-electron chi connectivity index (χ2n) is 7.65. The van der Waals surface area contributed by atoms with Gasteiger partial charge in [0.15, 0.2) is 11.6 Å². The zero-order valence-electron chi connectivity index (χ0n) is 16.0. The van der Waals surface area contributed by atoms with E-state index in [4.69, 9.17) is 0 Å². The maximum atomic E-state index is 13.3. The topological polar surface area (TPSA) is 52.7 Å². The van der Waals surface area contributed by atoms with E-state index in [1.54, 1.807) is 0 Å². The molecular formula is C22H23F2N3O2. The zero-order valence-corrected chi connectivity index (χ0v) is 16.0. The second-order valence-corrected chi connectivity index (χ2v) is 7.65. The summed E-state index contributed by atoms with van der Waals surface area (Å²) in [6.07, 6.45) is 0.499. The predicted octanol–water partition coefficient (Wildman–Crippen LogP) is 2.88. The first-order valence-electron chi connectivity index (χ1n) is 9.82. The maximum absolute atomic E-state index is 13.3. The van der Waals surface area contributed by atoms with Crippen molar-refractivity contribution in [2.24, 2.45) is 11.8 Å². The highest BCUT2D eigenvalue weighted by molar-refractivity contribution is 5.99. The van der Waals surface area contributed by atoms with Crippen molar-refractivity contribution in [3.8, 4) is 0 Å². The van der Waals surface area contributed by atoms with Crippen molar-refractivity contribution in [2.75, 3.05) is 31.5 Å². The number of piperazine rings is 1. The molecule has 0 bridgehead atoms. The average Bonchev–Trinajstić information content (AvgIpc) is 3.53. The number of halogens is 2. The number of nitrogens with one attached hydrogen (secondary N) is 1. The lowest BCUT2D eigenvalue weighted by atomic mass is 10.2. The fourth-order valence-electron chi connectivity index (χ4n) is 3.77. The van der Waals surface area contributed by atoms with Gasteiger partial charge in [-0.1, -0.05) is 30.3 Å². The molecule has 2 aromatic carbocycles. The number of carbonyl (C=O) groups is 2. The molecule has 4 rings (SSSR count). The van der Waals surface area contributed by atoms with Gasteiger partial charge in [-0.2, -0.15) is 0 Å². The molecule has 1 saturated heterocycles. The van der Waals surface area contributed by atoms with Crippen molar-refractivity contribution in [2.45, 2.75) is 13.0 Å². The molecule has 0 spiro atoms. The first-order valence-corrected chi connectivity index (χ1v) is 9.82. The predicted molar refractivity (Wildman–Crippen MR) is 105 cm³/mol. The molecule has 5 nitrogen and oxygen atoms in total. The van der Waals surface area contributed by atoms with Gasteiger partial charge in [-0.05, 0) is 24.1 Å². The molecule has 152 valence electrons. The Morgan fingerprint density at radius 1 is 0.931 bits per heavy atom. The maximum Gasteiger partial charge on any atom is 0.228 e. The standard InChI is InChI=1S/C22H23F2N3O2/c23-19-7-6-16(12-20(19)24)25-21(28)17-13-18(17)22(29)27-10-8-26(9-11-27)14-15-4-2-1-3-5-15/h1-7,12,17-18H,8-11,13-14H2,(H,25,28). The van der Waals surface area contributed by atoms with Gasteiger partial charge in [-0.25, -0.2) is 8.78 Å². The van der Waals surface area contributed by atoms with Crippen LogP contribution >= 0.6 is 0 Å². The second kappa shape index (κ2) is 8.29. The van der Waals surface area contributed by atoms with Crippen molar-refractivity contribution in [3.63, 3.8) is 0 Å². The van der Waals surface area contributed by atoms with Gasteiger partial charge < -0.3 is 10.2 Å². The highest BCUT2D eigenvalue weighted by Gasteiger charge is 2.49. The summed E-state index contributed by atoms with van der Waals surface area (Å²) < 4.78 is 26.3. The number of benzene rings is 2. The third-order valence-electron chi connectivity index (χ3n) is 5.56. The summed E-state index contributed by atoms with van der Waals surface area (Å²) >= 11 is 0. The first kappa shape index (κ1) is 19.5. The molecule has 2 fully saturated rings. The molecule has 29 heavy (non-hydrogen) atoms. The summed E-state index contributed by atoms with van der Waals surface area (Å²) in [4.78, 5) is 29.2. The van der Waals surface area contributed by atoms with Crippen molar-refractivity contribution < 1.29 is 18.4 Å². The molecule has 2 aliphatic rings. The highest BCUT2D eigenvalue weighted by Crippen LogP contribution is 2.41. The van der Waals surface area contributed by atoms with Gasteiger partial charge >= 0.3 is 0 Å². The van der Waals surface area contributed by atoms with E-state index in [1.165, 1.54) is 11.6 Å². The fourth-order valence-corrected chi connectivity index (χ4v) is 3.77. The van der Waals surface area contributed by atoms with Crippen molar-refractivity contribution in [1.82, 2.24) is 9.80 Å². The van der Waals surface area contributed by atoms with Gasteiger partial charge in [0.25, 0.3) is 0 Å². The molecule has 1 saturated carbocycles. The van der Waals surface area contributed by atoms with E-state index in [9.17, 15) is 18.4 Å². The molecule has 1 aliphatic heterocycles. The van der Waals surface area contributed by atoms with Crippen LogP contribution in [0.1, 0.15) is 12.0 Å². The Hall–Kier alpha value is -2.80. The molecule has 0 radical (unpaired) electrons. The molecule has 7 heteroatoms. The number of amides is 2. The van der Waals surface area contributed by atoms with Crippen molar-refractivity contribution >= 4 is 17.5 Å². The third kappa shape index (κ3) is 4.62. The van der Waals surface area contributed by atoms with E-state index < -0.39 is 17.6 Å². The van der Waals surface area contributed by atoms with E-state index in [-0.39, 0.29) is 23.4 Å². The number of anilines is 1. The van der Waals surface area contributed by atoms with E-state index >= 15 is 0 Å². The van der Waals surface area contributed by atoms with Crippen LogP contribution in [0.15, 0.2) is 48.5 Å². The quantitative estimate of drug-likeness (QED) is 0.841. The van der Waals surface area contributed by atoms with Crippen LogP contribution in [0, 0.1) is 23.5 Å². The van der Waals surface area contributed by atoms with Gasteiger partial charge in [-0.15, -0.1) is 0 Å². The number of carbonyl (C=O) groups excluding carboxylic acids is 2.